The molecule has 8 aliphatic rings. The van der Waals surface area contributed by atoms with Crippen molar-refractivity contribution in [2.24, 2.45) is 76.9 Å². The van der Waals surface area contributed by atoms with Crippen LogP contribution in [0.15, 0.2) is 53.6 Å². The largest absolute Gasteiger partial charge is 0.192 e. The predicted molar refractivity (Wildman–Crippen MR) is 111 cm³/mol. The van der Waals surface area contributed by atoms with Crippen LogP contribution in [0.5, 0.6) is 0 Å². The zero-order valence-corrected chi connectivity index (χ0v) is 16.6. The number of benzene rings is 2. The fourth-order valence-corrected chi connectivity index (χ4v) is 12.0. The second-order valence-corrected chi connectivity index (χ2v) is 11.4. The minimum Gasteiger partial charge on any atom is -0.192 e. The second-order valence-electron chi connectivity index (χ2n) is 11.4. The zero-order chi connectivity index (χ0) is 19.5. The van der Waals surface area contributed by atoms with Gasteiger partial charge >= 0.3 is 0 Å². The molecule has 0 amide bonds. The quantitative estimate of drug-likeness (QED) is 0.694. The van der Waals surface area contributed by atoms with Gasteiger partial charge in [0.2, 0.25) is 0 Å². The summed E-state index contributed by atoms with van der Waals surface area (Å²) in [6.45, 7) is 0. The molecule has 0 heterocycles. The molecular weight excluding hydrogens is 364 g/mol. The van der Waals surface area contributed by atoms with E-state index in [0.717, 1.165) is 65.1 Å². The van der Waals surface area contributed by atoms with Crippen LogP contribution in [0.3, 0.4) is 0 Å². The first-order chi connectivity index (χ1) is 14.8. The van der Waals surface area contributed by atoms with Gasteiger partial charge in [0.1, 0.15) is 17.7 Å². The lowest BCUT2D eigenvalue weighted by Crippen LogP contribution is -2.21. The summed E-state index contributed by atoms with van der Waals surface area (Å²) in [6.07, 6.45) is 1.27. The Morgan fingerprint density at radius 2 is 1.23 bits per heavy atom. The lowest BCUT2D eigenvalue weighted by Gasteiger charge is -2.24. The summed E-state index contributed by atoms with van der Waals surface area (Å²) in [5, 5.41) is 22.1. The summed E-state index contributed by atoms with van der Waals surface area (Å²) in [4.78, 5) is 0. The van der Waals surface area contributed by atoms with Crippen molar-refractivity contribution in [3.05, 3.63) is 59.2 Å². The van der Waals surface area contributed by atoms with Crippen molar-refractivity contribution in [1.82, 2.24) is 0 Å². The molecule has 8 aliphatic carbocycles. The lowest BCUT2D eigenvalue weighted by atomic mass is 9.80. The van der Waals surface area contributed by atoms with Crippen molar-refractivity contribution < 1.29 is 0 Å². The van der Waals surface area contributed by atoms with E-state index in [9.17, 15) is 10.5 Å². The van der Waals surface area contributed by atoms with E-state index in [1.54, 1.807) is 5.56 Å². The summed E-state index contributed by atoms with van der Waals surface area (Å²) < 4.78 is 0. The summed E-state index contributed by atoms with van der Waals surface area (Å²) >= 11 is 0. The highest BCUT2D eigenvalue weighted by Gasteiger charge is 2.91. The third kappa shape index (κ3) is 1.24. The summed E-state index contributed by atoms with van der Waals surface area (Å²) in [5.41, 5.74) is 3.43. The maximum absolute atomic E-state index is 9.61. The fraction of sp³-hybridized carbons (Fsp3) is 0.500. The van der Waals surface area contributed by atoms with Crippen molar-refractivity contribution in [1.29, 1.82) is 10.5 Å². The van der Waals surface area contributed by atoms with Crippen LogP contribution in [0.25, 0.3) is 10.8 Å². The average molecular weight is 386 g/mol. The minimum absolute atomic E-state index is 0.508. The van der Waals surface area contributed by atoms with Crippen molar-refractivity contribution >= 4 is 10.8 Å². The number of hydrogen-bond donors (Lipinski definition) is 0. The van der Waals surface area contributed by atoms with E-state index in [-0.39, 0.29) is 0 Å². The molecule has 8 atom stereocenters. The Morgan fingerprint density at radius 3 is 1.83 bits per heavy atom. The molecule has 8 fully saturated rings. The molecule has 0 N–H and O–H groups in total. The van der Waals surface area contributed by atoms with Gasteiger partial charge in [-0.3, -0.25) is 0 Å². The number of rotatable bonds is 2. The highest BCUT2D eigenvalue weighted by molar-refractivity contribution is 5.85. The van der Waals surface area contributed by atoms with Crippen LogP contribution >= 0.6 is 0 Å². The van der Waals surface area contributed by atoms with Crippen LogP contribution < -0.4 is 0 Å². The van der Waals surface area contributed by atoms with Gasteiger partial charge in [-0.2, -0.15) is 10.5 Å². The molecule has 2 nitrogen and oxygen atoms in total. The Kier molecular flexibility index (Phi) is 2.30. The molecule has 8 unspecified atom stereocenters. The molecule has 2 aromatic rings. The highest BCUT2D eigenvalue weighted by Crippen LogP contribution is 2.95. The highest BCUT2D eigenvalue weighted by atomic mass is 14.9. The monoisotopic (exact) mass is 386 g/mol. The zero-order valence-electron chi connectivity index (χ0n) is 16.6. The number of nitriles is 2. The molecule has 0 radical (unpaired) electrons. The molecule has 144 valence electrons. The molecule has 2 aromatic carbocycles. The van der Waals surface area contributed by atoms with Gasteiger partial charge in [0.25, 0.3) is 0 Å². The molecule has 0 saturated heterocycles. The Hall–Kier alpha value is -2.58. The molecule has 0 aliphatic heterocycles. The van der Waals surface area contributed by atoms with Crippen molar-refractivity contribution in [2.45, 2.75) is 6.42 Å². The Bertz CT molecular complexity index is 1210. The van der Waals surface area contributed by atoms with Crippen LogP contribution in [-0.2, 0) is 6.42 Å². The van der Waals surface area contributed by atoms with Crippen LogP contribution in [0, 0.1) is 99.6 Å². The van der Waals surface area contributed by atoms with E-state index >= 15 is 0 Å². The van der Waals surface area contributed by atoms with Crippen molar-refractivity contribution in [3.63, 3.8) is 0 Å². The topological polar surface area (TPSA) is 47.6 Å². The molecule has 10 rings (SSSR count). The van der Waals surface area contributed by atoms with Gasteiger partial charge in [-0.15, -0.1) is 0 Å². The second kappa shape index (κ2) is 4.53. The molecule has 8 saturated carbocycles. The normalized spacial score (nSPS) is 53.0. The van der Waals surface area contributed by atoms with Crippen LogP contribution in [-0.4, -0.2) is 0 Å². The van der Waals surface area contributed by atoms with Gasteiger partial charge in [-0.1, -0.05) is 42.5 Å². The minimum atomic E-state index is 0.508. The van der Waals surface area contributed by atoms with Crippen LogP contribution in [0.2, 0.25) is 0 Å². The van der Waals surface area contributed by atoms with Crippen molar-refractivity contribution in [2.75, 3.05) is 0 Å². The summed E-state index contributed by atoms with van der Waals surface area (Å²) in [6, 6.07) is 20.4. The molecule has 2 heteroatoms. The lowest BCUT2D eigenvalue weighted by molar-refractivity contribution is 0.220. The Balaban J connectivity index is 1.17. The number of allylic oxidation sites excluding steroid dienone is 2. The van der Waals surface area contributed by atoms with Gasteiger partial charge < -0.3 is 0 Å². The average Bonchev–Trinajstić information content (AvgIpc) is 3.55. The first kappa shape index (κ1) is 15.3. The van der Waals surface area contributed by atoms with Gasteiger partial charge in [0.15, 0.2) is 0 Å². The van der Waals surface area contributed by atoms with Crippen LogP contribution in [0.4, 0.5) is 0 Å². The van der Waals surface area contributed by atoms with E-state index < -0.39 is 0 Å². The summed E-state index contributed by atoms with van der Waals surface area (Å²) in [7, 11) is 0. The Labute approximate surface area is 176 Å². The third-order valence-electron chi connectivity index (χ3n) is 11.5. The van der Waals surface area contributed by atoms with Gasteiger partial charge in [-0.25, -0.2) is 0 Å². The van der Waals surface area contributed by atoms with Crippen LogP contribution in [0.1, 0.15) is 5.56 Å². The van der Waals surface area contributed by atoms with Gasteiger partial charge in [-0.05, 0) is 105 Å². The van der Waals surface area contributed by atoms with E-state index in [0.29, 0.717) is 17.4 Å². The Morgan fingerprint density at radius 1 is 0.667 bits per heavy atom. The number of nitrogens with zero attached hydrogens (tertiary/aromatic N) is 2. The SMILES string of the molecule is N#CC(C#N)=C1C2C3C4C1C1C2C2C5C(Cc6cccc7ccccc67)C(C32)C4C51. The molecule has 0 spiro atoms. The number of hydrogen-bond acceptors (Lipinski definition) is 2. The van der Waals surface area contributed by atoms with Crippen molar-refractivity contribution in [3.8, 4) is 12.1 Å². The maximum atomic E-state index is 9.61. The molecular formula is C28H22N2. The molecule has 30 heavy (non-hydrogen) atoms. The fourth-order valence-electron chi connectivity index (χ4n) is 12.0. The molecule has 0 aromatic heterocycles. The number of fused-ring (bicyclic) bond motifs is 1. The first-order valence-electron chi connectivity index (χ1n) is 11.9. The molecule has 4 bridgehead atoms. The smallest absolute Gasteiger partial charge is 0.129 e. The van der Waals surface area contributed by atoms with E-state index in [1.807, 2.05) is 0 Å². The first-order valence-corrected chi connectivity index (χ1v) is 11.9. The van der Waals surface area contributed by atoms with E-state index in [2.05, 4.69) is 54.6 Å². The standard InChI is InChI=1S/C28H22N2/c29-9-13(10-30)16-19-25-21-17-15(8-12-6-3-5-11-4-1-2-7-14(11)12)18-23(21)27(19)28-20(16)26(25)22(17)24(18)28/h1-7,15,17-28H,8H2. The van der Waals surface area contributed by atoms with Gasteiger partial charge in [0.05, 0.1) is 0 Å². The van der Waals surface area contributed by atoms with Gasteiger partial charge in [0, 0.05) is 0 Å². The van der Waals surface area contributed by atoms with E-state index in [4.69, 9.17) is 0 Å². The third-order valence-corrected chi connectivity index (χ3v) is 11.5. The predicted octanol–water partition coefficient (Wildman–Crippen LogP) is 4.83. The summed E-state index contributed by atoms with van der Waals surface area (Å²) in [5.74, 6) is 11.0. The maximum Gasteiger partial charge on any atom is 0.129 e. The van der Waals surface area contributed by atoms with E-state index in [1.165, 1.54) is 22.8 Å².